The number of nitrogens with one attached hydrogen (secondary N) is 8. The van der Waals surface area contributed by atoms with E-state index in [1.54, 1.807) is 0 Å². The number of amides is 6. The van der Waals surface area contributed by atoms with Crippen LogP contribution in [0.25, 0.3) is 0 Å². The maximum absolute atomic E-state index is 13.7. The molecule has 8 atom stereocenters. The minimum absolute atomic E-state index is 0.0427. The molecule has 0 unspecified atom stereocenters. The van der Waals surface area contributed by atoms with E-state index in [9.17, 15) is 58.8 Å². The van der Waals surface area contributed by atoms with Crippen LogP contribution in [0.1, 0.15) is 63.3 Å². The third-order valence-corrected chi connectivity index (χ3v) is 8.97. The van der Waals surface area contributed by atoms with Crippen LogP contribution in [0.5, 0.6) is 0 Å². The first-order valence-electron chi connectivity index (χ1n) is 19.2. The number of aliphatic hydroxyl groups excluding tert-OH is 2. The standard InChI is InChI=1S/C35H57N13O12/c1-18(50)28(34(58)46-24(10-19-13-39-16-41-19)32(56)47-26(35(59)60)11-20-14-40-17-42-20)48-33(57)25(12-27(51)52)45-31(55)23(7-3-5-9-37)44-30(54)22(6-2-4-8-36)43-29(53)21(38)15-49/h13-14,16-18,21-26,28,49-50H,2-12,15,36-38H2,1H3,(H,39,41)(H,40,42)(H,43,53)(H,44,54)(H,45,55)(H,46,58)(H,47,56)(H,48,57)(H,51,52)(H,59,60)/t18-,21+,22+,23+,24+,25+,26+,28+/m1/s1. The van der Waals surface area contributed by atoms with Crippen molar-refractivity contribution in [2.24, 2.45) is 17.2 Å². The van der Waals surface area contributed by atoms with Gasteiger partial charge in [0, 0.05) is 36.6 Å². The lowest BCUT2D eigenvalue weighted by molar-refractivity contribution is -0.142. The van der Waals surface area contributed by atoms with Crippen LogP contribution in [0.2, 0.25) is 0 Å². The molecule has 0 saturated heterocycles. The highest BCUT2D eigenvalue weighted by Crippen LogP contribution is 2.09. The molecular weight excluding hydrogens is 794 g/mol. The number of nitrogens with zero attached hydrogens (tertiary/aromatic N) is 2. The Bertz CT molecular complexity index is 1690. The summed E-state index contributed by atoms with van der Waals surface area (Å²) in [6.45, 7) is 0.916. The first-order chi connectivity index (χ1) is 28.5. The number of hydrogen-bond donors (Lipinski definition) is 15. The second-order valence-electron chi connectivity index (χ2n) is 13.9. The van der Waals surface area contributed by atoms with E-state index in [2.05, 4.69) is 51.8 Å². The van der Waals surface area contributed by atoms with Crippen LogP contribution in [0.15, 0.2) is 25.0 Å². The predicted molar refractivity (Wildman–Crippen MR) is 209 cm³/mol. The van der Waals surface area contributed by atoms with Gasteiger partial charge >= 0.3 is 11.9 Å². The summed E-state index contributed by atoms with van der Waals surface area (Å²) in [5.74, 6) is -8.99. The summed E-state index contributed by atoms with van der Waals surface area (Å²) in [6, 6.07) is -10.7. The number of aromatic amines is 2. The summed E-state index contributed by atoms with van der Waals surface area (Å²) in [6.07, 6.45) is 3.77. The van der Waals surface area contributed by atoms with E-state index in [4.69, 9.17) is 17.2 Å². The van der Waals surface area contributed by atoms with E-state index >= 15 is 0 Å². The van der Waals surface area contributed by atoms with Crippen LogP contribution in [0.3, 0.4) is 0 Å². The van der Waals surface area contributed by atoms with Crippen molar-refractivity contribution in [2.75, 3.05) is 19.7 Å². The molecule has 0 fully saturated rings. The molecule has 0 aliphatic carbocycles. The van der Waals surface area contributed by atoms with Gasteiger partial charge < -0.3 is 79.5 Å². The van der Waals surface area contributed by atoms with Crippen molar-refractivity contribution < 1.29 is 58.8 Å². The third-order valence-electron chi connectivity index (χ3n) is 8.97. The highest BCUT2D eigenvalue weighted by molar-refractivity contribution is 5.98. The topological polar surface area (TPSA) is 425 Å². The second kappa shape index (κ2) is 26.2. The monoisotopic (exact) mass is 851 g/mol. The number of hydrogen-bond acceptors (Lipinski definition) is 15. The number of rotatable bonds is 29. The highest BCUT2D eigenvalue weighted by atomic mass is 16.4. The summed E-state index contributed by atoms with van der Waals surface area (Å²) >= 11 is 0. The van der Waals surface area contributed by atoms with Crippen molar-refractivity contribution in [1.29, 1.82) is 0 Å². The van der Waals surface area contributed by atoms with Crippen LogP contribution < -0.4 is 49.1 Å². The normalized spacial score (nSPS) is 15.1. The Kier molecular flexibility index (Phi) is 21.9. The lowest BCUT2D eigenvalue weighted by Crippen LogP contribution is -2.62. The van der Waals surface area contributed by atoms with E-state index in [0.717, 1.165) is 6.92 Å². The maximum Gasteiger partial charge on any atom is 0.326 e. The molecule has 25 nitrogen and oxygen atoms in total. The Balaban J connectivity index is 2.31. The Morgan fingerprint density at radius 3 is 1.50 bits per heavy atom. The Morgan fingerprint density at radius 2 is 1.07 bits per heavy atom. The summed E-state index contributed by atoms with van der Waals surface area (Å²) in [5, 5.41) is 53.5. The lowest BCUT2D eigenvalue weighted by Gasteiger charge is -2.28. The molecule has 2 aromatic heterocycles. The molecule has 0 aliphatic rings. The molecule has 0 aromatic carbocycles. The minimum Gasteiger partial charge on any atom is -0.481 e. The molecule has 2 aromatic rings. The zero-order valence-electron chi connectivity index (χ0n) is 33.1. The molecule has 0 spiro atoms. The van der Waals surface area contributed by atoms with Gasteiger partial charge in [0.15, 0.2) is 0 Å². The van der Waals surface area contributed by atoms with Crippen molar-refractivity contribution in [1.82, 2.24) is 51.8 Å². The first-order valence-corrected chi connectivity index (χ1v) is 19.2. The van der Waals surface area contributed by atoms with Crippen molar-refractivity contribution in [3.05, 3.63) is 36.4 Å². The molecule has 0 bridgehead atoms. The number of carbonyl (C=O) groups excluding carboxylic acids is 6. The van der Waals surface area contributed by atoms with Gasteiger partial charge in [-0.25, -0.2) is 14.8 Å². The van der Waals surface area contributed by atoms with Gasteiger partial charge in [-0.1, -0.05) is 0 Å². The molecule has 6 amide bonds. The molecule has 0 radical (unpaired) electrons. The quantitative estimate of drug-likeness (QED) is 0.0339. The van der Waals surface area contributed by atoms with Gasteiger partial charge in [0.1, 0.15) is 42.3 Å². The molecule has 0 saturated carbocycles. The van der Waals surface area contributed by atoms with Crippen LogP contribution in [0, 0.1) is 0 Å². The molecule has 2 rings (SSSR count). The maximum atomic E-state index is 13.7. The van der Waals surface area contributed by atoms with E-state index in [1.807, 2.05) is 0 Å². The largest absolute Gasteiger partial charge is 0.481 e. The number of imidazole rings is 2. The van der Waals surface area contributed by atoms with Gasteiger partial charge in [-0.3, -0.25) is 33.6 Å². The van der Waals surface area contributed by atoms with Crippen LogP contribution in [0.4, 0.5) is 0 Å². The molecule has 25 heteroatoms. The van der Waals surface area contributed by atoms with Crippen LogP contribution in [-0.2, 0) is 51.2 Å². The molecule has 334 valence electrons. The smallest absolute Gasteiger partial charge is 0.326 e. The van der Waals surface area contributed by atoms with Gasteiger partial charge in [0.05, 0.1) is 31.8 Å². The summed E-state index contributed by atoms with van der Waals surface area (Å²) in [4.78, 5) is 117. The fourth-order valence-electron chi connectivity index (χ4n) is 5.65. The number of carboxylic acid groups (broad SMARTS) is 2. The summed E-state index contributed by atoms with van der Waals surface area (Å²) in [7, 11) is 0. The molecule has 2 heterocycles. The summed E-state index contributed by atoms with van der Waals surface area (Å²) in [5.41, 5.74) is 17.5. The predicted octanol–water partition coefficient (Wildman–Crippen LogP) is -5.66. The Morgan fingerprint density at radius 1 is 0.633 bits per heavy atom. The van der Waals surface area contributed by atoms with Crippen molar-refractivity contribution >= 4 is 47.4 Å². The van der Waals surface area contributed by atoms with E-state index in [1.165, 1.54) is 25.0 Å². The molecule has 18 N–H and O–H groups in total. The van der Waals surface area contributed by atoms with Crippen molar-refractivity contribution in [3.8, 4) is 0 Å². The fourth-order valence-corrected chi connectivity index (χ4v) is 5.65. The number of nitrogens with two attached hydrogens (primary N) is 3. The Hall–Kier alpha value is -6.02. The van der Waals surface area contributed by atoms with E-state index in [0.29, 0.717) is 30.7 Å². The molecule has 0 aliphatic heterocycles. The number of aliphatic carboxylic acids is 2. The average Bonchev–Trinajstić information content (AvgIpc) is 3.92. The van der Waals surface area contributed by atoms with Gasteiger partial charge in [0.2, 0.25) is 35.4 Å². The number of aromatic nitrogens is 4. The zero-order valence-corrected chi connectivity index (χ0v) is 33.1. The number of carboxylic acids is 2. The minimum atomic E-state index is -1.89. The van der Waals surface area contributed by atoms with Crippen molar-refractivity contribution in [2.45, 2.75) is 113 Å². The fraction of sp³-hybridized carbons (Fsp3) is 0.600. The highest BCUT2D eigenvalue weighted by Gasteiger charge is 2.36. The number of H-pyrrole nitrogens is 2. The number of carbonyl (C=O) groups is 8. The summed E-state index contributed by atoms with van der Waals surface area (Å²) < 4.78 is 0. The molecule has 60 heavy (non-hydrogen) atoms. The zero-order chi connectivity index (χ0) is 44.8. The van der Waals surface area contributed by atoms with E-state index < -0.39 is 109 Å². The molecular formula is C35H57N13O12. The van der Waals surface area contributed by atoms with Gasteiger partial charge in [-0.15, -0.1) is 0 Å². The number of aliphatic hydroxyl groups is 2. The second-order valence-corrected chi connectivity index (χ2v) is 13.9. The van der Waals surface area contributed by atoms with Crippen LogP contribution in [-0.4, -0.2) is 156 Å². The first kappa shape index (κ1) is 50.1. The average molecular weight is 852 g/mol. The van der Waals surface area contributed by atoms with Crippen LogP contribution >= 0.6 is 0 Å². The van der Waals surface area contributed by atoms with E-state index in [-0.39, 0.29) is 45.2 Å². The van der Waals surface area contributed by atoms with Gasteiger partial charge in [-0.2, -0.15) is 0 Å². The Labute approximate surface area is 344 Å². The van der Waals surface area contributed by atoms with Gasteiger partial charge in [-0.05, 0) is 58.5 Å². The van der Waals surface area contributed by atoms with Crippen molar-refractivity contribution in [3.63, 3.8) is 0 Å². The number of unbranched alkanes of at least 4 members (excludes halogenated alkanes) is 2. The third kappa shape index (κ3) is 17.5. The SMILES string of the molecule is C[C@@H](O)[C@H](NC(=O)[C@H](CC(=O)O)NC(=O)[C@H](CCCCN)NC(=O)[C@H](CCCCN)NC(=O)[C@@H](N)CO)C(=O)N[C@@H](Cc1cnc[nH]1)C(=O)N[C@@H](Cc1cnc[nH]1)C(=O)O. The lowest BCUT2D eigenvalue weighted by atomic mass is 10.0. The van der Waals surface area contributed by atoms with Gasteiger partial charge in [0.25, 0.3) is 0 Å².